The molecule has 1 saturated heterocycles. The quantitative estimate of drug-likeness (QED) is 0.419. The minimum Gasteiger partial charge on any atom is -0.390 e. The topological polar surface area (TPSA) is 152 Å². The lowest BCUT2D eigenvalue weighted by atomic mass is 9.81. The summed E-state index contributed by atoms with van der Waals surface area (Å²) in [6.45, 7) is 3.55. The van der Waals surface area contributed by atoms with Crippen molar-refractivity contribution in [2.45, 2.75) is 63.2 Å². The smallest absolute Gasteiger partial charge is 0.390 e. The summed E-state index contributed by atoms with van der Waals surface area (Å²) in [7, 11) is -3.51. The highest BCUT2D eigenvalue weighted by atomic mass is 32.3. The summed E-state index contributed by atoms with van der Waals surface area (Å²) in [4.78, 5) is 0. The molecule has 1 aliphatic carbocycles. The Morgan fingerprint density at radius 1 is 1.00 bits per heavy atom. The molecule has 11 heteroatoms. The molecule has 2 rings (SSSR count). The summed E-state index contributed by atoms with van der Waals surface area (Å²) in [5.74, 6) is -0.653. The van der Waals surface area contributed by atoms with E-state index in [4.69, 9.17) is 18.8 Å². The second-order valence-corrected chi connectivity index (χ2v) is 7.78. The van der Waals surface area contributed by atoms with Gasteiger partial charge in [-0.2, -0.15) is 8.42 Å². The molecule has 1 saturated carbocycles. The van der Waals surface area contributed by atoms with E-state index in [0.29, 0.717) is 6.42 Å². The Morgan fingerprint density at radius 3 is 2.20 bits per heavy atom. The van der Waals surface area contributed by atoms with E-state index in [9.17, 15) is 23.7 Å². The van der Waals surface area contributed by atoms with Crippen LogP contribution in [0, 0.1) is 11.8 Å². The van der Waals surface area contributed by atoms with Gasteiger partial charge in [0.1, 0.15) is 18.3 Å². The van der Waals surface area contributed by atoms with Gasteiger partial charge < -0.3 is 29.5 Å². The zero-order valence-electron chi connectivity index (χ0n) is 14.3. The normalized spacial score (nSPS) is 46.1. The molecule has 0 radical (unpaired) electrons. The average Bonchev–Trinajstić information content (AvgIpc) is 2.52. The fourth-order valence-electron chi connectivity index (χ4n) is 3.29. The van der Waals surface area contributed by atoms with Crippen LogP contribution in [0.5, 0.6) is 0 Å². The monoisotopic (exact) mass is 386 g/mol. The molecule has 25 heavy (non-hydrogen) atoms. The molecule has 0 aromatic carbocycles. The van der Waals surface area contributed by atoms with Crippen LogP contribution in [0.15, 0.2) is 0 Å². The zero-order valence-corrected chi connectivity index (χ0v) is 15.1. The van der Waals surface area contributed by atoms with Gasteiger partial charge in [-0.05, 0) is 12.3 Å². The lowest BCUT2D eigenvalue weighted by Gasteiger charge is -2.45. The molecule has 1 aliphatic heterocycles. The third-order valence-electron chi connectivity index (χ3n) is 4.77. The van der Waals surface area contributed by atoms with Crippen LogP contribution in [-0.4, -0.2) is 84.9 Å². The number of rotatable bonds is 5. The van der Waals surface area contributed by atoms with Crippen molar-refractivity contribution >= 4 is 10.4 Å². The summed E-state index contributed by atoms with van der Waals surface area (Å²) in [6, 6.07) is 0. The van der Waals surface area contributed by atoms with Gasteiger partial charge in [-0.1, -0.05) is 13.8 Å². The molecule has 0 amide bonds. The molecule has 0 aromatic heterocycles. The van der Waals surface area contributed by atoms with Crippen molar-refractivity contribution in [1.82, 2.24) is 0 Å². The number of aliphatic hydroxyl groups excluding tert-OH is 3. The third kappa shape index (κ3) is 4.87. The molecular weight excluding hydrogens is 360 g/mol. The summed E-state index contributed by atoms with van der Waals surface area (Å²) < 4.78 is 52.1. The summed E-state index contributed by atoms with van der Waals surface area (Å²) in [5, 5.41) is 30.4. The average molecular weight is 386 g/mol. The number of methoxy groups -OCH3 is 1. The third-order valence-corrected chi connectivity index (χ3v) is 5.23. The molecule has 2 aliphatic rings. The molecule has 0 spiro atoms. The predicted molar refractivity (Wildman–Crippen MR) is 82.8 cm³/mol. The van der Waals surface area contributed by atoms with Gasteiger partial charge in [0.2, 0.25) is 0 Å². The first-order valence-corrected chi connectivity index (χ1v) is 9.41. The van der Waals surface area contributed by atoms with Gasteiger partial charge in [0.05, 0.1) is 24.9 Å². The van der Waals surface area contributed by atoms with Crippen molar-refractivity contribution in [2.75, 3.05) is 13.7 Å². The van der Waals surface area contributed by atoms with Gasteiger partial charge in [-0.3, -0.25) is 4.55 Å². The minimum absolute atomic E-state index is 0.136. The Labute approximate surface area is 146 Å². The predicted octanol–water partition coefficient (Wildman–Crippen LogP) is -1.31. The standard InChI is InChI=1S/C14H26O10S/c1-6-4-8(21-3)10(16)13(24-25(18,19)20)12(6)23-14-11(17)9(15)7(2)5-22-14/h6-17H,4-5H2,1-3H3,(H,18,19,20)/t6?,7-,8?,9-,10-,11+,12+,13-,14+/m1/s1. The Balaban J connectivity index is 2.19. The van der Waals surface area contributed by atoms with E-state index in [1.807, 2.05) is 0 Å². The van der Waals surface area contributed by atoms with Crippen molar-refractivity contribution in [3.8, 4) is 0 Å². The zero-order chi connectivity index (χ0) is 18.9. The molecule has 2 fully saturated rings. The largest absolute Gasteiger partial charge is 0.397 e. The van der Waals surface area contributed by atoms with Gasteiger partial charge in [0.25, 0.3) is 0 Å². The lowest BCUT2D eigenvalue weighted by molar-refractivity contribution is -0.297. The van der Waals surface area contributed by atoms with Gasteiger partial charge in [-0.15, -0.1) is 0 Å². The van der Waals surface area contributed by atoms with Gasteiger partial charge in [0, 0.05) is 13.0 Å². The highest BCUT2D eigenvalue weighted by molar-refractivity contribution is 7.80. The molecule has 9 atom stereocenters. The Morgan fingerprint density at radius 2 is 1.64 bits per heavy atom. The number of ether oxygens (including phenoxy) is 3. The summed E-state index contributed by atoms with van der Waals surface area (Å²) in [6.07, 6.45) is -7.91. The minimum atomic E-state index is -4.87. The second-order valence-electron chi connectivity index (χ2n) is 6.73. The van der Waals surface area contributed by atoms with Gasteiger partial charge >= 0.3 is 10.4 Å². The van der Waals surface area contributed by atoms with E-state index in [-0.39, 0.29) is 18.4 Å². The maximum absolute atomic E-state index is 11.1. The van der Waals surface area contributed by atoms with E-state index in [1.54, 1.807) is 13.8 Å². The highest BCUT2D eigenvalue weighted by Gasteiger charge is 2.49. The fourth-order valence-corrected chi connectivity index (χ4v) is 3.79. The Bertz CT molecular complexity index is 540. The molecular formula is C14H26O10S. The Hall–Kier alpha value is -0.370. The SMILES string of the molecule is COC1CC(C)[C@H](O[C@@H]2OC[C@@H](C)[C@@H](O)[C@@H]2O)[C@H](OS(=O)(=O)O)[C@@H]1O. The van der Waals surface area contributed by atoms with E-state index in [1.165, 1.54) is 7.11 Å². The van der Waals surface area contributed by atoms with Crippen LogP contribution in [-0.2, 0) is 28.8 Å². The van der Waals surface area contributed by atoms with E-state index < -0.39 is 53.3 Å². The van der Waals surface area contributed by atoms with Crippen LogP contribution in [0.3, 0.4) is 0 Å². The first kappa shape index (κ1) is 20.9. The molecule has 0 bridgehead atoms. The van der Waals surface area contributed by atoms with E-state index >= 15 is 0 Å². The van der Waals surface area contributed by atoms with Gasteiger partial charge in [-0.25, -0.2) is 4.18 Å². The van der Waals surface area contributed by atoms with Crippen LogP contribution in [0.25, 0.3) is 0 Å². The van der Waals surface area contributed by atoms with Crippen LogP contribution in [0.4, 0.5) is 0 Å². The Kier molecular flexibility index (Phi) is 6.79. The lowest BCUT2D eigenvalue weighted by Crippen LogP contribution is -2.59. The molecule has 0 aromatic rings. The maximum atomic E-state index is 11.1. The van der Waals surface area contributed by atoms with Gasteiger partial charge in [0.15, 0.2) is 6.29 Å². The molecule has 10 nitrogen and oxygen atoms in total. The van der Waals surface area contributed by atoms with Crippen molar-refractivity contribution in [3.05, 3.63) is 0 Å². The molecule has 2 unspecified atom stereocenters. The van der Waals surface area contributed by atoms with E-state index in [2.05, 4.69) is 4.18 Å². The number of hydrogen-bond donors (Lipinski definition) is 4. The first-order chi connectivity index (χ1) is 11.5. The van der Waals surface area contributed by atoms with Crippen molar-refractivity contribution in [2.24, 2.45) is 11.8 Å². The van der Waals surface area contributed by atoms with Crippen LogP contribution >= 0.6 is 0 Å². The van der Waals surface area contributed by atoms with E-state index in [0.717, 1.165) is 0 Å². The van der Waals surface area contributed by atoms with Crippen LogP contribution in [0.2, 0.25) is 0 Å². The highest BCUT2D eigenvalue weighted by Crippen LogP contribution is 2.34. The van der Waals surface area contributed by atoms with Crippen molar-refractivity contribution in [3.63, 3.8) is 0 Å². The first-order valence-electron chi connectivity index (χ1n) is 8.05. The number of hydrogen-bond acceptors (Lipinski definition) is 9. The maximum Gasteiger partial charge on any atom is 0.397 e. The van der Waals surface area contributed by atoms with Crippen LogP contribution in [0.1, 0.15) is 20.3 Å². The number of aliphatic hydroxyl groups is 3. The molecule has 1 heterocycles. The molecule has 4 N–H and O–H groups in total. The van der Waals surface area contributed by atoms with Crippen LogP contribution < -0.4 is 0 Å². The van der Waals surface area contributed by atoms with Crippen molar-refractivity contribution in [1.29, 1.82) is 0 Å². The second kappa shape index (κ2) is 8.11. The summed E-state index contributed by atoms with van der Waals surface area (Å²) >= 11 is 0. The molecule has 148 valence electrons. The fraction of sp³-hybridized carbons (Fsp3) is 1.00. The summed E-state index contributed by atoms with van der Waals surface area (Å²) in [5.41, 5.74) is 0. The van der Waals surface area contributed by atoms with Crippen molar-refractivity contribution < 1.29 is 46.7 Å².